The van der Waals surface area contributed by atoms with Crippen molar-refractivity contribution in [1.82, 2.24) is 19.1 Å². The molecule has 0 saturated carbocycles. The predicted octanol–water partition coefficient (Wildman–Crippen LogP) is 1.43. The Balaban J connectivity index is 2.20. The molecule has 1 saturated heterocycles. The fraction of sp³-hybridized carbons (Fsp3) is 0.600. The fourth-order valence-corrected chi connectivity index (χ4v) is 3.28. The second-order valence-corrected chi connectivity index (χ2v) is 6.37. The Morgan fingerprint density at radius 3 is 2.88 bits per heavy atom. The third kappa shape index (κ3) is 3.14. The second kappa shape index (κ2) is 7.20. The van der Waals surface area contributed by atoms with Gasteiger partial charge in [-0.25, -0.2) is 13.8 Å². The summed E-state index contributed by atoms with van der Waals surface area (Å²) in [7, 11) is 0. The smallest absolute Gasteiger partial charge is 0.332 e. The van der Waals surface area contributed by atoms with Crippen molar-refractivity contribution in [2.24, 2.45) is 0 Å². The number of fused-ring (bicyclic) bond motifs is 1. The lowest BCUT2D eigenvalue weighted by Crippen LogP contribution is -2.36. The molecule has 3 rings (SSSR count). The van der Waals surface area contributed by atoms with Gasteiger partial charge in [-0.1, -0.05) is 24.9 Å². The molecule has 3 unspecified atom stereocenters. The topological polar surface area (TPSA) is 114 Å². The first kappa shape index (κ1) is 18.6. The average molecular weight is 388 g/mol. The Bertz CT molecular complexity index is 898. The van der Waals surface area contributed by atoms with Crippen LogP contribution in [0, 0.1) is 0 Å². The standard InChI is InChI=1S/C15H19ClFN5O4/c1-3-4-5-21-9-11(16)19-14(18)20-12(9)22(15(21)24)13-10(26-7(2)23)8(17)6-25-13/h8,10,13H,3-6H2,1-2H3,(H2,18,19,20). The SMILES string of the molecule is CCCCn1c(=O)n(C2OCC(F)C2OC(C)=O)c2nc(N)nc(Cl)c21. The summed E-state index contributed by atoms with van der Waals surface area (Å²) >= 11 is 6.18. The second-order valence-electron chi connectivity index (χ2n) is 6.02. The minimum atomic E-state index is -1.57. The lowest BCUT2D eigenvalue weighted by atomic mass is 10.2. The first-order chi connectivity index (χ1) is 12.3. The number of rotatable bonds is 5. The maximum absolute atomic E-state index is 14.2. The molecule has 3 atom stereocenters. The zero-order valence-corrected chi connectivity index (χ0v) is 15.1. The molecule has 0 aliphatic carbocycles. The lowest BCUT2D eigenvalue weighted by Gasteiger charge is -2.20. The highest BCUT2D eigenvalue weighted by atomic mass is 35.5. The van der Waals surface area contributed by atoms with Gasteiger partial charge in [0.15, 0.2) is 29.3 Å². The van der Waals surface area contributed by atoms with E-state index in [1.807, 2.05) is 6.92 Å². The molecular weight excluding hydrogens is 369 g/mol. The molecule has 9 nitrogen and oxygen atoms in total. The van der Waals surface area contributed by atoms with Crippen molar-refractivity contribution in [3.8, 4) is 0 Å². The Hall–Kier alpha value is -2.20. The van der Waals surface area contributed by atoms with E-state index in [0.29, 0.717) is 13.0 Å². The Morgan fingerprint density at radius 1 is 1.50 bits per heavy atom. The maximum Gasteiger partial charge on any atom is 0.332 e. The number of nitrogens with zero attached hydrogens (tertiary/aromatic N) is 4. The minimum absolute atomic E-state index is 0.0123. The zero-order valence-electron chi connectivity index (χ0n) is 14.3. The summed E-state index contributed by atoms with van der Waals surface area (Å²) in [6.45, 7) is 3.19. The van der Waals surface area contributed by atoms with E-state index in [1.54, 1.807) is 0 Å². The number of hydrogen-bond acceptors (Lipinski definition) is 7. The van der Waals surface area contributed by atoms with E-state index < -0.39 is 30.2 Å². The quantitative estimate of drug-likeness (QED) is 0.609. The number of carbonyl (C=O) groups excluding carboxylic acids is 1. The minimum Gasteiger partial charge on any atom is -0.454 e. The van der Waals surface area contributed by atoms with Crippen LogP contribution < -0.4 is 11.4 Å². The number of unbranched alkanes of at least 4 members (excludes halogenated alkanes) is 1. The van der Waals surface area contributed by atoms with Gasteiger partial charge in [-0.05, 0) is 6.42 Å². The molecule has 142 valence electrons. The number of anilines is 1. The van der Waals surface area contributed by atoms with E-state index in [0.717, 1.165) is 17.9 Å². The summed E-state index contributed by atoms with van der Waals surface area (Å²) in [5, 5.41) is 0.0123. The Kier molecular flexibility index (Phi) is 5.15. The molecule has 2 aromatic rings. The first-order valence-electron chi connectivity index (χ1n) is 8.21. The highest BCUT2D eigenvalue weighted by Crippen LogP contribution is 2.32. The van der Waals surface area contributed by atoms with E-state index in [9.17, 15) is 14.0 Å². The van der Waals surface area contributed by atoms with Crippen LogP contribution in [-0.4, -0.2) is 44.0 Å². The van der Waals surface area contributed by atoms with Gasteiger partial charge in [0.05, 0.1) is 6.61 Å². The third-order valence-electron chi connectivity index (χ3n) is 4.13. The molecule has 0 spiro atoms. The monoisotopic (exact) mass is 387 g/mol. The van der Waals surface area contributed by atoms with Gasteiger partial charge >= 0.3 is 11.7 Å². The molecule has 26 heavy (non-hydrogen) atoms. The van der Waals surface area contributed by atoms with Crippen LogP contribution in [0.4, 0.5) is 10.3 Å². The average Bonchev–Trinajstić information content (AvgIpc) is 3.03. The van der Waals surface area contributed by atoms with E-state index in [1.165, 1.54) is 4.57 Å². The number of alkyl halides is 1. The van der Waals surface area contributed by atoms with Gasteiger partial charge in [0.2, 0.25) is 5.95 Å². The van der Waals surface area contributed by atoms with Crippen LogP contribution in [0.25, 0.3) is 11.2 Å². The van der Waals surface area contributed by atoms with Gasteiger partial charge in [-0.2, -0.15) is 9.97 Å². The summed E-state index contributed by atoms with van der Waals surface area (Å²) in [6, 6.07) is 0. The number of hydrogen-bond donors (Lipinski definition) is 1. The molecule has 2 aromatic heterocycles. The molecule has 1 fully saturated rings. The molecule has 0 bridgehead atoms. The summed E-state index contributed by atoms with van der Waals surface area (Å²) < 4.78 is 27.1. The molecule has 1 aliphatic heterocycles. The van der Waals surface area contributed by atoms with Gasteiger partial charge in [0, 0.05) is 13.5 Å². The first-order valence-corrected chi connectivity index (χ1v) is 8.59. The van der Waals surface area contributed by atoms with Crippen LogP contribution in [0.15, 0.2) is 4.79 Å². The molecular formula is C15H19ClFN5O4. The van der Waals surface area contributed by atoms with Crippen molar-refractivity contribution in [3.05, 3.63) is 15.6 Å². The van der Waals surface area contributed by atoms with Crippen molar-refractivity contribution in [1.29, 1.82) is 0 Å². The molecule has 0 amide bonds. The number of esters is 1. The van der Waals surface area contributed by atoms with E-state index in [-0.39, 0.29) is 28.9 Å². The van der Waals surface area contributed by atoms with Crippen molar-refractivity contribution >= 4 is 34.7 Å². The van der Waals surface area contributed by atoms with Crippen molar-refractivity contribution in [2.75, 3.05) is 12.3 Å². The summed E-state index contributed by atoms with van der Waals surface area (Å²) in [6.07, 6.45) is -2.46. The van der Waals surface area contributed by atoms with Gasteiger partial charge in [-0.3, -0.25) is 9.36 Å². The number of aromatic nitrogens is 4. The van der Waals surface area contributed by atoms with Crippen LogP contribution in [0.2, 0.25) is 5.15 Å². The fourth-order valence-electron chi connectivity index (χ4n) is 3.01. The molecule has 3 heterocycles. The van der Waals surface area contributed by atoms with Gasteiger partial charge in [0.1, 0.15) is 5.52 Å². The molecule has 1 aliphatic rings. The van der Waals surface area contributed by atoms with Gasteiger partial charge in [-0.15, -0.1) is 0 Å². The molecule has 2 N–H and O–H groups in total. The van der Waals surface area contributed by atoms with Gasteiger partial charge in [0.25, 0.3) is 0 Å². The third-order valence-corrected chi connectivity index (χ3v) is 4.39. The van der Waals surface area contributed by atoms with E-state index in [2.05, 4.69) is 9.97 Å². The molecule has 0 aromatic carbocycles. The number of carbonyl (C=O) groups is 1. The van der Waals surface area contributed by atoms with Gasteiger partial charge < -0.3 is 15.2 Å². The highest BCUT2D eigenvalue weighted by molar-refractivity contribution is 6.33. The van der Waals surface area contributed by atoms with Crippen LogP contribution >= 0.6 is 11.6 Å². The zero-order chi connectivity index (χ0) is 19.0. The molecule has 0 radical (unpaired) electrons. The van der Waals surface area contributed by atoms with E-state index in [4.69, 9.17) is 26.8 Å². The number of aryl methyl sites for hydroxylation is 1. The number of nitrogens with two attached hydrogens (primary N) is 1. The van der Waals surface area contributed by atoms with Crippen molar-refractivity contribution < 1.29 is 18.7 Å². The molecule has 11 heteroatoms. The van der Waals surface area contributed by atoms with E-state index >= 15 is 0 Å². The number of halogens is 2. The highest BCUT2D eigenvalue weighted by Gasteiger charge is 2.43. The van der Waals surface area contributed by atoms with Crippen molar-refractivity contribution in [2.45, 2.75) is 51.7 Å². The summed E-state index contributed by atoms with van der Waals surface area (Å²) in [5.41, 5.74) is 5.55. The number of ether oxygens (including phenoxy) is 2. The summed E-state index contributed by atoms with van der Waals surface area (Å²) in [5.74, 6) is -0.814. The summed E-state index contributed by atoms with van der Waals surface area (Å²) in [4.78, 5) is 32.3. The van der Waals surface area contributed by atoms with Crippen LogP contribution in [0.3, 0.4) is 0 Å². The Labute approximate surface area is 152 Å². The van der Waals surface area contributed by atoms with Crippen LogP contribution in [0.1, 0.15) is 32.9 Å². The van der Waals surface area contributed by atoms with Crippen LogP contribution in [0.5, 0.6) is 0 Å². The van der Waals surface area contributed by atoms with Crippen LogP contribution in [-0.2, 0) is 20.8 Å². The lowest BCUT2D eigenvalue weighted by molar-refractivity contribution is -0.154. The maximum atomic E-state index is 14.2. The Morgan fingerprint density at radius 2 is 2.23 bits per heavy atom. The van der Waals surface area contributed by atoms with Crippen molar-refractivity contribution in [3.63, 3.8) is 0 Å². The number of imidazole rings is 1. The number of nitrogen functional groups attached to an aromatic ring is 1. The predicted molar refractivity (Wildman–Crippen MR) is 91.6 cm³/mol. The normalized spacial score (nSPS) is 22.8. The largest absolute Gasteiger partial charge is 0.454 e.